The van der Waals surface area contributed by atoms with E-state index in [0.717, 1.165) is 12.1 Å². The van der Waals surface area contributed by atoms with E-state index in [1.807, 2.05) is 0 Å². The van der Waals surface area contributed by atoms with Crippen molar-refractivity contribution in [3.63, 3.8) is 0 Å². The molecule has 0 saturated heterocycles. The molecule has 112 valence electrons. The van der Waals surface area contributed by atoms with Gasteiger partial charge in [0.25, 0.3) is 0 Å². The molecule has 0 aliphatic rings. The molecule has 2 rings (SSSR count). The van der Waals surface area contributed by atoms with Gasteiger partial charge in [-0.1, -0.05) is 5.21 Å². The van der Waals surface area contributed by atoms with Crippen LogP contribution >= 0.6 is 0 Å². The van der Waals surface area contributed by atoms with Gasteiger partial charge >= 0.3 is 0 Å². The van der Waals surface area contributed by atoms with E-state index in [1.54, 1.807) is 6.92 Å². The van der Waals surface area contributed by atoms with Crippen molar-refractivity contribution in [2.45, 2.75) is 19.5 Å². The summed E-state index contributed by atoms with van der Waals surface area (Å²) in [4.78, 5) is 11.7. The van der Waals surface area contributed by atoms with Crippen molar-refractivity contribution in [2.75, 3.05) is 5.32 Å². The lowest BCUT2D eigenvalue weighted by molar-refractivity contribution is -0.117. The summed E-state index contributed by atoms with van der Waals surface area (Å²) in [7, 11) is 0. The average molecular weight is 299 g/mol. The fourth-order valence-electron chi connectivity index (χ4n) is 1.56. The lowest BCUT2D eigenvalue weighted by Crippen LogP contribution is -2.20. The molecule has 1 aromatic carbocycles. The number of carbonyl (C=O) groups excluding carboxylic acids is 1. The second-order valence-corrected chi connectivity index (χ2v) is 4.40. The highest BCUT2D eigenvalue weighted by atomic mass is 19.2. The molecule has 1 atom stereocenters. The first kappa shape index (κ1) is 15.0. The highest BCUT2D eigenvalue weighted by molar-refractivity contribution is 5.90. The van der Waals surface area contributed by atoms with Gasteiger partial charge in [-0.25, -0.2) is 17.9 Å². The van der Waals surface area contributed by atoms with Crippen LogP contribution in [0.4, 0.5) is 18.9 Å². The van der Waals surface area contributed by atoms with E-state index in [0.29, 0.717) is 5.69 Å². The van der Waals surface area contributed by atoms with Gasteiger partial charge in [-0.15, -0.1) is 5.10 Å². The maximum Gasteiger partial charge on any atom is 0.246 e. The van der Waals surface area contributed by atoms with E-state index >= 15 is 0 Å². The van der Waals surface area contributed by atoms with Gasteiger partial charge in [0.2, 0.25) is 5.91 Å². The monoisotopic (exact) mass is 299 g/mol. The molecule has 0 fully saturated rings. The van der Waals surface area contributed by atoms with Gasteiger partial charge in [0.15, 0.2) is 17.5 Å². The van der Waals surface area contributed by atoms with E-state index in [-0.39, 0.29) is 12.6 Å². The summed E-state index contributed by atoms with van der Waals surface area (Å²) in [6, 6.07) is 1.31. The van der Waals surface area contributed by atoms with Crippen molar-refractivity contribution < 1.29 is 18.0 Å². The topological polar surface area (TPSA) is 85.8 Å². The van der Waals surface area contributed by atoms with Crippen molar-refractivity contribution in [1.29, 1.82) is 0 Å². The number of anilines is 1. The quantitative estimate of drug-likeness (QED) is 0.835. The Morgan fingerprint density at radius 3 is 2.71 bits per heavy atom. The Kier molecular flexibility index (Phi) is 4.22. The molecule has 21 heavy (non-hydrogen) atoms. The number of rotatable bonds is 4. The molecule has 1 aromatic heterocycles. The second-order valence-electron chi connectivity index (χ2n) is 4.40. The van der Waals surface area contributed by atoms with Gasteiger partial charge in [-0.05, 0) is 19.1 Å². The van der Waals surface area contributed by atoms with Crippen LogP contribution in [0, 0.1) is 17.5 Å². The van der Waals surface area contributed by atoms with Crippen LogP contribution in [0.5, 0.6) is 0 Å². The third kappa shape index (κ3) is 3.37. The van der Waals surface area contributed by atoms with Crippen molar-refractivity contribution in [3.8, 4) is 0 Å². The van der Waals surface area contributed by atoms with E-state index in [2.05, 4.69) is 15.6 Å². The van der Waals surface area contributed by atoms with Gasteiger partial charge in [-0.2, -0.15) is 0 Å². The minimum atomic E-state index is -1.65. The molecule has 1 heterocycles. The molecule has 6 nitrogen and oxygen atoms in total. The summed E-state index contributed by atoms with van der Waals surface area (Å²) in [6.45, 7) is 1.43. The Bertz CT molecular complexity index is 671. The number of hydrogen-bond acceptors (Lipinski definition) is 4. The number of halogens is 3. The lowest BCUT2D eigenvalue weighted by Gasteiger charge is -2.07. The molecule has 1 unspecified atom stereocenters. The summed E-state index contributed by atoms with van der Waals surface area (Å²) in [5.41, 5.74) is 5.62. The fraction of sp³-hybridized carbons (Fsp3) is 0.250. The van der Waals surface area contributed by atoms with E-state index in [1.165, 1.54) is 10.9 Å². The molecule has 0 spiro atoms. The van der Waals surface area contributed by atoms with Crippen LogP contribution in [0.3, 0.4) is 0 Å². The van der Waals surface area contributed by atoms with E-state index in [9.17, 15) is 18.0 Å². The van der Waals surface area contributed by atoms with Gasteiger partial charge in [0.1, 0.15) is 6.54 Å². The number of benzene rings is 1. The molecule has 2 aromatic rings. The van der Waals surface area contributed by atoms with Crippen LogP contribution in [0.15, 0.2) is 18.3 Å². The largest absolute Gasteiger partial charge is 0.323 e. The Morgan fingerprint density at radius 2 is 2.10 bits per heavy atom. The standard InChI is InChI=1S/C12H12F3N5O/c1-6(16)9-4-20(19-18-9)5-10(21)17-8-3-2-7(13)11(14)12(8)15/h2-4,6H,5,16H2,1H3,(H,17,21). The molecule has 0 bridgehead atoms. The molecule has 0 aliphatic carbocycles. The number of nitrogens with one attached hydrogen (secondary N) is 1. The Balaban J connectivity index is 2.06. The Labute approximate surface area is 117 Å². The molecular formula is C12H12F3N5O. The first-order valence-electron chi connectivity index (χ1n) is 5.97. The van der Waals surface area contributed by atoms with Gasteiger partial charge in [0.05, 0.1) is 17.6 Å². The Morgan fingerprint density at radius 1 is 1.38 bits per heavy atom. The molecule has 0 aliphatic heterocycles. The average Bonchev–Trinajstić information content (AvgIpc) is 2.88. The first-order chi connectivity index (χ1) is 9.88. The third-order valence-electron chi connectivity index (χ3n) is 2.64. The predicted molar refractivity (Wildman–Crippen MR) is 67.6 cm³/mol. The predicted octanol–water partition coefficient (Wildman–Crippen LogP) is 1.35. The van der Waals surface area contributed by atoms with Crippen LogP contribution in [-0.4, -0.2) is 20.9 Å². The minimum Gasteiger partial charge on any atom is -0.323 e. The number of amides is 1. The summed E-state index contributed by atoms with van der Waals surface area (Å²) < 4.78 is 40.4. The number of carbonyl (C=O) groups is 1. The highest BCUT2D eigenvalue weighted by Crippen LogP contribution is 2.19. The highest BCUT2D eigenvalue weighted by Gasteiger charge is 2.16. The van der Waals surface area contributed by atoms with Gasteiger partial charge < -0.3 is 11.1 Å². The normalized spacial score (nSPS) is 12.2. The summed E-state index contributed by atoms with van der Waals surface area (Å²) in [5.74, 6) is -5.10. The zero-order valence-corrected chi connectivity index (χ0v) is 11.0. The SMILES string of the molecule is CC(N)c1cn(CC(=O)Nc2ccc(F)c(F)c2F)nn1. The second kappa shape index (κ2) is 5.92. The zero-order valence-electron chi connectivity index (χ0n) is 11.0. The lowest BCUT2D eigenvalue weighted by atomic mass is 10.2. The van der Waals surface area contributed by atoms with Crippen LogP contribution in [0.1, 0.15) is 18.7 Å². The van der Waals surface area contributed by atoms with Crippen molar-refractivity contribution in [3.05, 3.63) is 41.5 Å². The third-order valence-corrected chi connectivity index (χ3v) is 2.64. The van der Waals surface area contributed by atoms with Gasteiger partial charge in [0, 0.05) is 6.04 Å². The zero-order chi connectivity index (χ0) is 15.6. The molecular weight excluding hydrogens is 287 g/mol. The Hall–Kier alpha value is -2.42. The van der Waals surface area contributed by atoms with E-state index < -0.39 is 29.0 Å². The van der Waals surface area contributed by atoms with Crippen molar-refractivity contribution in [2.24, 2.45) is 5.73 Å². The molecule has 3 N–H and O–H groups in total. The van der Waals surface area contributed by atoms with E-state index in [4.69, 9.17) is 5.73 Å². The van der Waals surface area contributed by atoms with Crippen LogP contribution in [0.2, 0.25) is 0 Å². The molecule has 1 amide bonds. The molecule has 0 radical (unpaired) electrons. The summed E-state index contributed by atoms with van der Waals surface area (Å²) in [6.07, 6.45) is 1.46. The fourth-order valence-corrected chi connectivity index (χ4v) is 1.56. The number of nitrogens with zero attached hydrogens (tertiary/aromatic N) is 3. The van der Waals surface area contributed by atoms with Crippen LogP contribution in [-0.2, 0) is 11.3 Å². The molecule has 0 saturated carbocycles. The summed E-state index contributed by atoms with van der Waals surface area (Å²) >= 11 is 0. The first-order valence-corrected chi connectivity index (χ1v) is 5.97. The van der Waals surface area contributed by atoms with Crippen molar-refractivity contribution in [1.82, 2.24) is 15.0 Å². The number of hydrogen-bond donors (Lipinski definition) is 2. The minimum absolute atomic E-state index is 0.266. The van der Waals surface area contributed by atoms with Crippen LogP contribution in [0.25, 0.3) is 0 Å². The number of nitrogens with two attached hydrogens (primary N) is 1. The smallest absolute Gasteiger partial charge is 0.246 e. The van der Waals surface area contributed by atoms with Gasteiger partial charge in [-0.3, -0.25) is 4.79 Å². The number of aromatic nitrogens is 3. The summed E-state index contributed by atoms with van der Waals surface area (Å²) in [5, 5.41) is 9.54. The maximum absolute atomic E-state index is 13.4. The maximum atomic E-state index is 13.4. The van der Waals surface area contributed by atoms with Crippen molar-refractivity contribution >= 4 is 11.6 Å². The van der Waals surface area contributed by atoms with Crippen LogP contribution < -0.4 is 11.1 Å². The molecule has 9 heteroatoms.